The van der Waals surface area contributed by atoms with E-state index >= 15 is 0 Å². The first-order valence-corrected chi connectivity index (χ1v) is 14.0. The first-order valence-electron chi connectivity index (χ1n) is 13.0. The average Bonchev–Trinajstić information content (AvgIpc) is 3.40. The summed E-state index contributed by atoms with van der Waals surface area (Å²) in [6.45, 7) is 5.44. The summed E-state index contributed by atoms with van der Waals surface area (Å²) < 4.78 is 1.89. The predicted octanol–water partition coefficient (Wildman–Crippen LogP) is 4.90. The van der Waals surface area contributed by atoms with E-state index in [-0.39, 0.29) is 23.4 Å². The van der Waals surface area contributed by atoms with E-state index in [1.807, 2.05) is 28.5 Å². The van der Waals surface area contributed by atoms with Crippen molar-refractivity contribution in [2.24, 2.45) is 0 Å². The molecule has 5 rings (SSSR count). The van der Waals surface area contributed by atoms with Crippen molar-refractivity contribution in [1.29, 1.82) is 0 Å². The number of nitro benzene ring substituents is 1. The van der Waals surface area contributed by atoms with Gasteiger partial charge >= 0.3 is 0 Å². The lowest BCUT2D eigenvalue weighted by Gasteiger charge is -2.39. The van der Waals surface area contributed by atoms with Gasteiger partial charge in [-0.25, -0.2) is 0 Å². The van der Waals surface area contributed by atoms with Gasteiger partial charge in [-0.3, -0.25) is 19.8 Å². The molecule has 2 heterocycles. The van der Waals surface area contributed by atoms with Crippen LogP contribution in [-0.2, 0) is 11.3 Å². The number of benzene rings is 3. The minimum atomic E-state index is -0.424. The third kappa shape index (κ3) is 6.02. The smallest absolute Gasteiger partial charge is 0.270 e. The topological polar surface area (TPSA) is 97.4 Å². The third-order valence-electron chi connectivity index (χ3n) is 6.94. The molecule has 0 atom stereocenters. The highest BCUT2D eigenvalue weighted by atomic mass is 32.2. The Morgan fingerprint density at radius 2 is 1.56 bits per heavy atom. The van der Waals surface area contributed by atoms with E-state index in [4.69, 9.17) is 0 Å². The zero-order valence-corrected chi connectivity index (χ0v) is 22.5. The number of piperazine rings is 1. The molecule has 0 bridgehead atoms. The number of hydrogen-bond donors (Lipinski definition) is 0. The number of rotatable bonds is 9. The Balaban J connectivity index is 1.22. The van der Waals surface area contributed by atoms with Crippen LogP contribution in [-0.4, -0.2) is 67.3 Å². The molecule has 10 heteroatoms. The molecule has 0 radical (unpaired) electrons. The second-order valence-electron chi connectivity index (χ2n) is 9.29. The largest absolute Gasteiger partial charge is 0.339 e. The zero-order valence-electron chi connectivity index (χ0n) is 21.7. The van der Waals surface area contributed by atoms with Crippen molar-refractivity contribution in [2.75, 3.05) is 31.9 Å². The third-order valence-corrected chi connectivity index (χ3v) is 7.89. The Hall–Kier alpha value is -4.02. The van der Waals surface area contributed by atoms with Gasteiger partial charge in [-0.1, -0.05) is 84.6 Å². The van der Waals surface area contributed by atoms with Crippen molar-refractivity contribution >= 4 is 23.4 Å². The Kier molecular flexibility index (Phi) is 8.33. The monoisotopic (exact) mass is 542 g/mol. The highest BCUT2D eigenvalue weighted by Gasteiger charge is 2.28. The zero-order chi connectivity index (χ0) is 27.2. The lowest BCUT2D eigenvalue weighted by molar-refractivity contribution is -0.384. The van der Waals surface area contributed by atoms with Gasteiger partial charge in [0, 0.05) is 50.4 Å². The lowest BCUT2D eigenvalue weighted by Crippen LogP contribution is -2.50. The number of carbonyl (C=O) groups excluding carboxylic acids is 1. The summed E-state index contributed by atoms with van der Waals surface area (Å²) in [6, 6.07) is 27.5. The van der Waals surface area contributed by atoms with Crippen molar-refractivity contribution in [3.63, 3.8) is 0 Å². The number of nitrogens with zero attached hydrogens (tertiary/aromatic N) is 6. The fourth-order valence-electron chi connectivity index (χ4n) is 4.98. The fourth-order valence-corrected chi connectivity index (χ4v) is 5.89. The number of carbonyl (C=O) groups is 1. The van der Waals surface area contributed by atoms with Crippen LogP contribution >= 0.6 is 11.8 Å². The van der Waals surface area contributed by atoms with Gasteiger partial charge in [0.2, 0.25) is 5.91 Å². The normalized spacial score (nSPS) is 14.1. The first kappa shape index (κ1) is 26.6. The van der Waals surface area contributed by atoms with Crippen LogP contribution < -0.4 is 0 Å². The number of hydrogen-bond acceptors (Lipinski definition) is 7. The van der Waals surface area contributed by atoms with Crippen LogP contribution in [0.5, 0.6) is 0 Å². The Morgan fingerprint density at radius 1 is 0.923 bits per heavy atom. The van der Waals surface area contributed by atoms with E-state index in [1.54, 1.807) is 12.1 Å². The van der Waals surface area contributed by atoms with E-state index in [2.05, 4.69) is 63.6 Å². The van der Waals surface area contributed by atoms with Crippen molar-refractivity contribution in [3.8, 4) is 11.4 Å². The molecule has 1 aliphatic heterocycles. The van der Waals surface area contributed by atoms with Gasteiger partial charge < -0.3 is 9.47 Å². The van der Waals surface area contributed by atoms with Crippen LogP contribution in [0.25, 0.3) is 11.4 Å². The molecule has 1 aliphatic rings. The number of nitro groups is 1. The molecule has 39 heavy (non-hydrogen) atoms. The number of thioether (sulfide) groups is 1. The van der Waals surface area contributed by atoms with Gasteiger partial charge in [-0.15, -0.1) is 10.2 Å². The van der Waals surface area contributed by atoms with E-state index in [9.17, 15) is 14.9 Å². The maximum Gasteiger partial charge on any atom is 0.270 e. The summed E-state index contributed by atoms with van der Waals surface area (Å²) in [5.41, 5.74) is 3.12. The fraction of sp³-hybridized carbons (Fsp3) is 0.276. The van der Waals surface area contributed by atoms with E-state index in [0.29, 0.717) is 36.2 Å². The molecule has 0 saturated carbocycles. The predicted molar refractivity (Wildman–Crippen MR) is 151 cm³/mol. The van der Waals surface area contributed by atoms with Gasteiger partial charge in [0.25, 0.3) is 5.69 Å². The summed E-state index contributed by atoms with van der Waals surface area (Å²) in [5, 5.41) is 20.4. The van der Waals surface area contributed by atoms with Crippen LogP contribution in [0.1, 0.15) is 24.1 Å². The Morgan fingerprint density at radius 3 is 2.15 bits per heavy atom. The van der Waals surface area contributed by atoms with Gasteiger partial charge in [0.05, 0.1) is 16.7 Å². The SMILES string of the molecule is CCn1c(SCC(=O)N2CCN(C(c3ccccc3)c3ccccc3)CC2)nnc1-c1cccc([N+](=O)[O-])c1. The van der Waals surface area contributed by atoms with Gasteiger partial charge in [0.1, 0.15) is 0 Å². The molecule has 0 unspecified atom stereocenters. The van der Waals surface area contributed by atoms with Crippen molar-refractivity contribution in [1.82, 2.24) is 24.6 Å². The number of non-ortho nitro benzene ring substituents is 1. The van der Waals surface area contributed by atoms with Crippen molar-refractivity contribution < 1.29 is 9.72 Å². The molecular weight excluding hydrogens is 512 g/mol. The molecule has 1 amide bonds. The Labute approximate surface area is 231 Å². The maximum atomic E-state index is 13.1. The van der Waals surface area contributed by atoms with Crippen LogP contribution in [0.15, 0.2) is 90.1 Å². The number of aromatic nitrogens is 3. The number of amides is 1. The average molecular weight is 543 g/mol. The van der Waals surface area contributed by atoms with Crippen LogP contribution in [0, 0.1) is 10.1 Å². The van der Waals surface area contributed by atoms with E-state index < -0.39 is 4.92 Å². The van der Waals surface area contributed by atoms with Crippen LogP contribution in [0.2, 0.25) is 0 Å². The minimum Gasteiger partial charge on any atom is -0.339 e. The van der Waals surface area contributed by atoms with Crippen molar-refractivity contribution in [3.05, 3.63) is 106 Å². The molecule has 4 aromatic rings. The molecular formula is C29H30N6O3S. The highest BCUT2D eigenvalue weighted by Crippen LogP contribution is 2.30. The first-order chi connectivity index (χ1) is 19.0. The summed E-state index contributed by atoms with van der Waals surface area (Å²) in [4.78, 5) is 28.3. The molecule has 0 spiro atoms. The lowest BCUT2D eigenvalue weighted by atomic mass is 9.96. The molecule has 1 aromatic heterocycles. The molecule has 0 N–H and O–H groups in total. The summed E-state index contributed by atoms with van der Waals surface area (Å²) in [6.07, 6.45) is 0. The highest BCUT2D eigenvalue weighted by molar-refractivity contribution is 7.99. The molecule has 1 saturated heterocycles. The maximum absolute atomic E-state index is 13.1. The van der Waals surface area contributed by atoms with Crippen LogP contribution in [0.4, 0.5) is 5.69 Å². The van der Waals surface area contributed by atoms with Gasteiger partial charge in [-0.05, 0) is 18.1 Å². The second kappa shape index (κ2) is 12.2. The Bertz CT molecular complexity index is 1380. The van der Waals surface area contributed by atoms with E-state index in [1.165, 1.54) is 35.0 Å². The summed E-state index contributed by atoms with van der Waals surface area (Å²) in [7, 11) is 0. The summed E-state index contributed by atoms with van der Waals surface area (Å²) in [5.74, 6) is 0.879. The van der Waals surface area contributed by atoms with E-state index in [0.717, 1.165) is 13.1 Å². The standard InChI is InChI=1S/C29H30N6O3S/c1-2-34-28(24-14-9-15-25(20-24)35(37)38)30-31-29(34)39-21-26(36)32-16-18-33(19-17-32)27(22-10-5-3-6-11-22)23-12-7-4-8-13-23/h3-15,20,27H,2,16-19,21H2,1H3. The van der Waals surface area contributed by atoms with Gasteiger partial charge in [0.15, 0.2) is 11.0 Å². The quantitative estimate of drug-likeness (QED) is 0.169. The second-order valence-corrected chi connectivity index (χ2v) is 10.2. The molecule has 1 fully saturated rings. The molecule has 3 aromatic carbocycles. The van der Waals surface area contributed by atoms with Gasteiger partial charge in [-0.2, -0.15) is 0 Å². The van der Waals surface area contributed by atoms with Crippen LogP contribution in [0.3, 0.4) is 0 Å². The molecule has 0 aliphatic carbocycles. The minimum absolute atomic E-state index is 0.00319. The molecule has 200 valence electrons. The summed E-state index contributed by atoms with van der Waals surface area (Å²) >= 11 is 1.35. The van der Waals surface area contributed by atoms with Crippen molar-refractivity contribution in [2.45, 2.75) is 24.7 Å². The molecule has 9 nitrogen and oxygen atoms in total.